The number of carbonyl (C=O) groups excluding carboxylic acids is 1. The molecule has 100 valence electrons. The highest BCUT2D eigenvalue weighted by molar-refractivity contribution is 5.76. The van der Waals surface area contributed by atoms with Gasteiger partial charge in [-0.25, -0.2) is 0 Å². The molecule has 0 aliphatic carbocycles. The zero-order chi connectivity index (χ0) is 13.1. The van der Waals surface area contributed by atoms with Gasteiger partial charge in [0.15, 0.2) is 0 Å². The molecule has 1 saturated heterocycles. The molecular formula is C14H28N2O. The van der Waals surface area contributed by atoms with E-state index in [1.807, 2.05) is 4.90 Å². The summed E-state index contributed by atoms with van der Waals surface area (Å²) in [6, 6.07) is 0. The number of rotatable bonds is 3. The second-order valence-electron chi connectivity index (χ2n) is 6.76. The lowest BCUT2D eigenvalue weighted by molar-refractivity contribution is -0.133. The SMILES string of the molecule is CC(CC(=O)N1CCN(C)CC1)CC(C)(C)C. The standard InChI is InChI=1S/C14H28N2O/c1-12(11-14(2,3)4)10-13(17)16-8-6-15(5)7-9-16/h12H,6-11H2,1-5H3. The van der Waals surface area contributed by atoms with Gasteiger partial charge in [-0.15, -0.1) is 0 Å². The van der Waals surface area contributed by atoms with Crippen molar-refractivity contribution < 1.29 is 4.79 Å². The van der Waals surface area contributed by atoms with E-state index >= 15 is 0 Å². The van der Waals surface area contributed by atoms with Gasteiger partial charge >= 0.3 is 0 Å². The third-order valence-corrected chi connectivity index (χ3v) is 3.34. The predicted octanol–water partition coefficient (Wildman–Crippen LogP) is 2.22. The Morgan fingerprint density at radius 3 is 2.18 bits per heavy atom. The molecule has 0 aromatic heterocycles. The van der Waals surface area contributed by atoms with Gasteiger partial charge in [-0.1, -0.05) is 27.7 Å². The van der Waals surface area contributed by atoms with E-state index in [2.05, 4.69) is 39.6 Å². The van der Waals surface area contributed by atoms with Crippen LogP contribution in [-0.2, 0) is 4.79 Å². The number of nitrogens with zero attached hydrogens (tertiary/aromatic N) is 2. The van der Waals surface area contributed by atoms with Crippen molar-refractivity contribution in [1.29, 1.82) is 0 Å². The van der Waals surface area contributed by atoms with Crippen molar-refractivity contribution in [3.05, 3.63) is 0 Å². The van der Waals surface area contributed by atoms with E-state index in [-0.39, 0.29) is 0 Å². The minimum Gasteiger partial charge on any atom is -0.340 e. The molecule has 0 radical (unpaired) electrons. The summed E-state index contributed by atoms with van der Waals surface area (Å²) in [6.45, 7) is 12.7. The summed E-state index contributed by atoms with van der Waals surface area (Å²) in [5.74, 6) is 0.831. The van der Waals surface area contributed by atoms with Crippen molar-refractivity contribution in [3.8, 4) is 0 Å². The Hall–Kier alpha value is -0.570. The van der Waals surface area contributed by atoms with Gasteiger partial charge in [0, 0.05) is 32.6 Å². The van der Waals surface area contributed by atoms with Gasteiger partial charge < -0.3 is 9.80 Å². The van der Waals surface area contributed by atoms with E-state index in [1.54, 1.807) is 0 Å². The van der Waals surface area contributed by atoms with Crippen molar-refractivity contribution in [2.24, 2.45) is 11.3 Å². The molecule has 1 rings (SSSR count). The number of likely N-dealkylation sites (N-methyl/N-ethyl adjacent to an activating group) is 1. The maximum Gasteiger partial charge on any atom is 0.222 e. The molecule has 0 aromatic carbocycles. The van der Waals surface area contributed by atoms with Crippen LogP contribution in [0.4, 0.5) is 0 Å². The summed E-state index contributed by atoms with van der Waals surface area (Å²) < 4.78 is 0. The first-order valence-electron chi connectivity index (χ1n) is 6.74. The molecule has 1 amide bonds. The lowest BCUT2D eigenvalue weighted by Gasteiger charge is -2.33. The molecule has 3 heteroatoms. The minimum atomic E-state index is 0.321. The molecule has 1 atom stereocenters. The highest BCUT2D eigenvalue weighted by Crippen LogP contribution is 2.26. The Morgan fingerprint density at radius 2 is 1.71 bits per heavy atom. The fourth-order valence-electron chi connectivity index (χ4n) is 2.60. The van der Waals surface area contributed by atoms with Crippen LogP contribution in [0.15, 0.2) is 0 Å². The molecule has 0 bridgehead atoms. The Morgan fingerprint density at radius 1 is 1.18 bits per heavy atom. The van der Waals surface area contributed by atoms with Crippen molar-refractivity contribution in [1.82, 2.24) is 9.80 Å². The van der Waals surface area contributed by atoms with E-state index in [1.165, 1.54) is 0 Å². The molecule has 0 aromatic rings. The van der Waals surface area contributed by atoms with Crippen LogP contribution < -0.4 is 0 Å². The van der Waals surface area contributed by atoms with Crippen molar-refractivity contribution >= 4 is 5.91 Å². The summed E-state index contributed by atoms with van der Waals surface area (Å²) in [5, 5.41) is 0. The number of piperazine rings is 1. The predicted molar refractivity (Wildman–Crippen MR) is 71.9 cm³/mol. The largest absolute Gasteiger partial charge is 0.340 e. The second-order valence-corrected chi connectivity index (χ2v) is 6.76. The topological polar surface area (TPSA) is 23.6 Å². The monoisotopic (exact) mass is 240 g/mol. The third kappa shape index (κ3) is 5.53. The molecule has 0 N–H and O–H groups in total. The fourth-order valence-corrected chi connectivity index (χ4v) is 2.60. The molecule has 1 fully saturated rings. The number of amides is 1. The van der Waals surface area contributed by atoms with Gasteiger partial charge in [-0.05, 0) is 24.8 Å². The first-order valence-corrected chi connectivity index (χ1v) is 6.74. The van der Waals surface area contributed by atoms with Gasteiger partial charge in [0.1, 0.15) is 0 Å². The molecule has 1 aliphatic heterocycles. The van der Waals surface area contributed by atoms with Crippen LogP contribution in [0.5, 0.6) is 0 Å². The molecule has 3 nitrogen and oxygen atoms in total. The van der Waals surface area contributed by atoms with E-state index in [0.717, 1.165) is 32.6 Å². The van der Waals surface area contributed by atoms with Crippen LogP contribution in [0, 0.1) is 11.3 Å². The molecule has 0 spiro atoms. The van der Waals surface area contributed by atoms with Gasteiger partial charge in [0.2, 0.25) is 5.91 Å². The summed E-state index contributed by atoms with van der Waals surface area (Å²) >= 11 is 0. The van der Waals surface area contributed by atoms with E-state index < -0.39 is 0 Å². The highest BCUT2D eigenvalue weighted by atomic mass is 16.2. The molecular weight excluding hydrogens is 212 g/mol. The van der Waals surface area contributed by atoms with Crippen LogP contribution in [0.25, 0.3) is 0 Å². The van der Waals surface area contributed by atoms with Crippen molar-refractivity contribution in [2.45, 2.75) is 40.5 Å². The maximum atomic E-state index is 12.1. The molecule has 0 saturated carbocycles. The third-order valence-electron chi connectivity index (χ3n) is 3.34. The zero-order valence-electron chi connectivity index (χ0n) is 12.1. The van der Waals surface area contributed by atoms with Crippen LogP contribution >= 0.6 is 0 Å². The summed E-state index contributed by atoms with van der Waals surface area (Å²) in [7, 11) is 2.12. The fraction of sp³-hybridized carbons (Fsp3) is 0.929. The van der Waals surface area contributed by atoms with Crippen LogP contribution in [0.1, 0.15) is 40.5 Å². The molecule has 17 heavy (non-hydrogen) atoms. The summed E-state index contributed by atoms with van der Waals surface area (Å²) in [5.41, 5.74) is 0.321. The quantitative estimate of drug-likeness (QED) is 0.755. The smallest absolute Gasteiger partial charge is 0.222 e. The van der Waals surface area contributed by atoms with Crippen molar-refractivity contribution in [2.75, 3.05) is 33.2 Å². The maximum absolute atomic E-state index is 12.1. The van der Waals surface area contributed by atoms with E-state index in [9.17, 15) is 4.79 Å². The van der Waals surface area contributed by atoms with E-state index in [0.29, 0.717) is 23.7 Å². The Kier molecular flexibility index (Phi) is 4.99. The van der Waals surface area contributed by atoms with Gasteiger partial charge in [-0.3, -0.25) is 4.79 Å². The minimum absolute atomic E-state index is 0.321. The first kappa shape index (κ1) is 14.5. The number of hydrogen-bond acceptors (Lipinski definition) is 2. The van der Waals surface area contributed by atoms with Gasteiger partial charge in [-0.2, -0.15) is 0 Å². The Balaban J connectivity index is 2.33. The normalized spacial score (nSPS) is 20.4. The van der Waals surface area contributed by atoms with Crippen LogP contribution in [0.2, 0.25) is 0 Å². The Labute approximate surface area is 106 Å². The molecule has 1 aliphatic rings. The number of hydrogen-bond donors (Lipinski definition) is 0. The summed E-state index contributed by atoms with van der Waals surface area (Å²) in [6.07, 6.45) is 1.83. The number of carbonyl (C=O) groups is 1. The van der Waals surface area contributed by atoms with Crippen LogP contribution in [0.3, 0.4) is 0 Å². The van der Waals surface area contributed by atoms with Gasteiger partial charge in [0.25, 0.3) is 0 Å². The van der Waals surface area contributed by atoms with E-state index in [4.69, 9.17) is 0 Å². The zero-order valence-corrected chi connectivity index (χ0v) is 12.1. The highest BCUT2D eigenvalue weighted by Gasteiger charge is 2.22. The Bertz CT molecular complexity index is 249. The first-order chi connectivity index (χ1) is 7.78. The van der Waals surface area contributed by atoms with Crippen molar-refractivity contribution in [3.63, 3.8) is 0 Å². The summed E-state index contributed by atoms with van der Waals surface area (Å²) in [4.78, 5) is 16.4. The lowest BCUT2D eigenvalue weighted by Crippen LogP contribution is -2.47. The van der Waals surface area contributed by atoms with Crippen LogP contribution in [-0.4, -0.2) is 48.9 Å². The lowest BCUT2D eigenvalue weighted by atomic mass is 9.84. The molecule has 1 heterocycles. The molecule has 1 unspecified atom stereocenters. The average molecular weight is 240 g/mol. The average Bonchev–Trinajstić information content (AvgIpc) is 2.15. The van der Waals surface area contributed by atoms with Gasteiger partial charge in [0.05, 0.1) is 0 Å². The second kappa shape index (κ2) is 5.85.